The molecule has 1 saturated heterocycles. The van der Waals surface area contributed by atoms with E-state index < -0.39 is 5.97 Å². The quantitative estimate of drug-likeness (QED) is 0.461. The topological polar surface area (TPSA) is 46.6 Å². The zero-order valence-corrected chi connectivity index (χ0v) is 15.3. The van der Waals surface area contributed by atoms with Crippen molar-refractivity contribution >= 4 is 51.9 Å². The van der Waals surface area contributed by atoms with Gasteiger partial charge >= 0.3 is 5.97 Å². The van der Waals surface area contributed by atoms with Crippen molar-refractivity contribution < 1.29 is 14.3 Å². The maximum absolute atomic E-state index is 12.8. The maximum atomic E-state index is 12.8. The van der Waals surface area contributed by atoms with Gasteiger partial charge in [0.05, 0.1) is 23.3 Å². The third-order valence-corrected chi connectivity index (χ3v) is 5.04. The lowest BCUT2D eigenvalue weighted by molar-refractivity contribution is -0.113. The number of carbonyl (C=O) groups excluding carboxylic acids is 2. The third-order valence-electron chi connectivity index (χ3n) is 3.74. The molecule has 4 nitrogen and oxygen atoms in total. The lowest BCUT2D eigenvalue weighted by Gasteiger charge is -2.14. The van der Waals surface area contributed by atoms with Crippen LogP contribution in [0, 0.1) is 6.92 Å². The summed E-state index contributed by atoms with van der Waals surface area (Å²) >= 11 is 6.59. The highest BCUT2D eigenvalue weighted by molar-refractivity contribution is 8.27. The van der Waals surface area contributed by atoms with Crippen LogP contribution in [0.3, 0.4) is 0 Å². The average Bonchev–Trinajstić information content (AvgIpc) is 2.89. The van der Waals surface area contributed by atoms with Crippen molar-refractivity contribution in [1.29, 1.82) is 0 Å². The van der Waals surface area contributed by atoms with E-state index >= 15 is 0 Å². The maximum Gasteiger partial charge on any atom is 0.338 e. The molecule has 0 N–H and O–H groups in total. The van der Waals surface area contributed by atoms with Crippen molar-refractivity contribution in [1.82, 2.24) is 0 Å². The summed E-state index contributed by atoms with van der Waals surface area (Å²) in [6.45, 7) is 1.98. The summed E-state index contributed by atoms with van der Waals surface area (Å²) in [6.07, 6.45) is 1.68. The summed E-state index contributed by atoms with van der Waals surface area (Å²) in [5, 5.41) is 0. The summed E-state index contributed by atoms with van der Waals surface area (Å²) in [6, 6.07) is 14.6. The van der Waals surface area contributed by atoms with Crippen LogP contribution in [0.15, 0.2) is 53.4 Å². The van der Waals surface area contributed by atoms with Gasteiger partial charge < -0.3 is 4.74 Å². The van der Waals surface area contributed by atoms with E-state index in [1.54, 1.807) is 30.3 Å². The zero-order valence-electron chi connectivity index (χ0n) is 13.7. The van der Waals surface area contributed by atoms with E-state index in [2.05, 4.69) is 0 Å². The number of esters is 1. The van der Waals surface area contributed by atoms with Crippen molar-refractivity contribution in [3.8, 4) is 0 Å². The third kappa shape index (κ3) is 3.50. The number of carbonyl (C=O) groups is 2. The van der Waals surface area contributed by atoms with Gasteiger partial charge in [-0.2, -0.15) is 0 Å². The first-order valence-electron chi connectivity index (χ1n) is 7.53. The highest BCUT2D eigenvalue weighted by atomic mass is 32.2. The van der Waals surface area contributed by atoms with Crippen LogP contribution in [0.25, 0.3) is 6.08 Å². The van der Waals surface area contributed by atoms with Gasteiger partial charge in [-0.15, -0.1) is 0 Å². The molecule has 0 radical (unpaired) electrons. The summed E-state index contributed by atoms with van der Waals surface area (Å²) < 4.78 is 5.26. The largest absolute Gasteiger partial charge is 0.465 e. The summed E-state index contributed by atoms with van der Waals surface area (Å²) in [5.74, 6) is -0.639. The van der Waals surface area contributed by atoms with Crippen molar-refractivity contribution in [3.05, 3.63) is 70.1 Å². The van der Waals surface area contributed by atoms with E-state index in [1.807, 2.05) is 31.2 Å². The Kier molecular flexibility index (Phi) is 5.01. The molecule has 6 heteroatoms. The van der Waals surface area contributed by atoms with E-state index in [0.29, 0.717) is 20.4 Å². The molecule has 1 heterocycles. The predicted molar refractivity (Wildman–Crippen MR) is 105 cm³/mol. The number of aryl methyl sites for hydroxylation is 1. The number of amides is 1. The molecule has 0 saturated carbocycles. The molecule has 0 unspecified atom stereocenters. The SMILES string of the molecule is COC(=O)c1ccccc1/C=C1\SC(=S)N(c2ccc(C)cc2)C1=O. The number of nitrogens with zero attached hydrogens (tertiary/aromatic N) is 1. The van der Waals surface area contributed by atoms with E-state index in [9.17, 15) is 9.59 Å². The molecule has 1 aliphatic rings. The lowest BCUT2D eigenvalue weighted by atomic mass is 10.1. The van der Waals surface area contributed by atoms with Crippen LogP contribution in [0.4, 0.5) is 5.69 Å². The average molecular weight is 369 g/mol. The van der Waals surface area contributed by atoms with Crippen LogP contribution in [0.2, 0.25) is 0 Å². The van der Waals surface area contributed by atoms with Crippen LogP contribution in [-0.2, 0) is 9.53 Å². The molecule has 1 aliphatic heterocycles. The van der Waals surface area contributed by atoms with Gasteiger partial charge in [0, 0.05) is 0 Å². The molecule has 0 aliphatic carbocycles. The Morgan fingerprint density at radius 2 is 1.84 bits per heavy atom. The minimum absolute atomic E-state index is 0.196. The Labute approximate surface area is 155 Å². The van der Waals surface area contributed by atoms with Crippen molar-refractivity contribution in [3.63, 3.8) is 0 Å². The molecule has 1 fully saturated rings. The van der Waals surface area contributed by atoms with E-state index in [4.69, 9.17) is 17.0 Å². The van der Waals surface area contributed by atoms with Crippen molar-refractivity contribution in [2.45, 2.75) is 6.92 Å². The predicted octanol–water partition coefficient (Wildman–Crippen LogP) is 4.19. The van der Waals surface area contributed by atoms with Gasteiger partial charge in [-0.05, 0) is 36.8 Å². The number of anilines is 1. The monoisotopic (exact) mass is 369 g/mol. The highest BCUT2D eigenvalue weighted by Gasteiger charge is 2.33. The highest BCUT2D eigenvalue weighted by Crippen LogP contribution is 2.36. The summed E-state index contributed by atoms with van der Waals surface area (Å²) in [4.78, 5) is 26.7. The van der Waals surface area contributed by atoms with Gasteiger partial charge in [0.1, 0.15) is 0 Å². The number of thiocarbonyl (C=S) groups is 1. The number of ether oxygens (including phenoxy) is 1. The van der Waals surface area contributed by atoms with E-state index in [0.717, 1.165) is 11.3 Å². The van der Waals surface area contributed by atoms with Crippen LogP contribution >= 0.6 is 24.0 Å². The molecule has 0 aromatic heterocycles. The van der Waals surface area contributed by atoms with Gasteiger partial charge in [0.2, 0.25) is 0 Å². The molecule has 0 bridgehead atoms. The van der Waals surface area contributed by atoms with Crippen LogP contribution in [0.1, 0.15) is 21.5 Å². The fourth-order valence-corrected chi connectivity index (χ4v) is 3.73. The Bertz CT molecular complexity index is 888. The van der Waals surface area contributed by atoms with Gasteiger partial charge in [-0.25, -0.2) is 4.79 Å². The normalized spacial score (nSPS) is 15.8. The zero-order chi connectivity index (χ0) is 18.0. The molecule has 0 atom stereocenters. The fourth-order valence-electron chi connectivity index (χ4n) is 2.44. The first-order valence-corrected chi connectivity index (χ1v) is 8.75. The smallest absolute Gasteiger partial charge is 0.338 e. The second kappa shape index (κ2) is 7.21. The number of hydrogen-bond donors (Lipinski definition) is 0. The molecule has 126 valence electrons. The number of rotatable bonds is 3. The summed E-state index contributed by atoms with van der Waals surface area (Å²) in [5.41, 5.74) is 2.87. The molecule has 2 aromatic rings. The molecule has 3 rings (SSSR count). The second-order valence-corrected chi connectivity index (χ2v) is 7.11. The Morgan fingerprint density at radius 1 is 1.16 bits per heavy atom. The second-order valence-electron chi connectivity index (χ2n) is 5.43. The molecule has 25 heavy (non-hydrogen) atoms. The van der Waals surface area contributed by atoms with Crippen molar-refractivity contribution in [2.75, 3.05) is 12.0 Å². The minimum atomic E-state index is -0.444. The molecular formula is C19H15NO3S2. The molecule has 2 aromatic carbocycles. The molecular weight excluding hydrogens is 354 g/mol. The molecule has 1 amide bonds. The summed E-state index contributed by atoms with van der Waals surface area (Å²) in [7, 11) is 1.33. The van der Waals surface area contributed by atoms with Crippen molar-refractivity contribution in [2.24, 2.45) is 0 Å². The Morgan fingerprint density at radius 3 is 2.52 bits per heavy atom. The van der Waals surface area contributed by atoms with E-state index in [-0.39, 0.29) is 5.91 Å². The first-order chi connectivity index (χ1) is 12.0. The lowest BCUT2D eigenvalue weighted by Crippen LogP contribution is -2.27. The fraction of sp³-hybridized carbons (Fsp3) is 0.105. The van der Waals surface area contributed by atoms with Gasteiger partial charge in [0.15, 0.2) is 4.32 Å². The van der Waals surface area contributed by atoms with Crippen LogP contribution < -0.4 is 4.90 Å². The standard InChI is InChI=1S/C19H15NO3S2/c1-12-7-9-14(10-8-12)20-17(21)16(25-19(20)24)11-13-5-3-4-6-15(13)18(22)23-2/h3-11H,1-2H3/b16-11-. The van der Waals surface area contributed by atoms with Gasteiger partial charge in [-0.3, -0.25) is 9.69 Å². The number of hydrogen-bond acceptors (Lipinski definition) is 5. The van der Waals surface area contributed by atoms with E-state index in [1.165, 1.54) is 23.8 Å². The number of benzene rings is 2. The first kappa shape index (κ1) is 17.4. The Hall–Kier alpha value is -2.44. The van der Waals surface area contributed by atoms with Gasteiger partial charge in [-0.1, -0.05) is 59.9 Å². The van der Waals surface area contributed by atoms with Gasteiger partial charge in [0.25, 0.3) is 5.91 Å². The Balaban J connectivity index is 1.96. The number of thioether (sulfide) groups is 1. The van der Waals surface area contributed by atoms with Crippen LogP contribution in [0.5, 0.6) is 0 Å². The van der Waals surface area contributed by atoms with Crippen LogP contribution in [-0.4, -0.2) is 23.3 Å². The minimum Gasteiger partial charge on any atom is -0.465 e. The molecule has 0 spiro atoms. The number of methoxy groups -OCH3 is 1.